The van der Waals surface area contributed by atoms with Gasteiger partial charge in [-0.05, 0) is 43.2 Å². The van der Waals surface area contributed by atoms with Gasteiger partial charge < -0.3 is 9.64 Å². The maximum atomic E-state index is 5.50. The van der Waals surface area contributed by atoms with Gasteiger partial charge in [0.1, 0.15) is 16.5 Å². The number of hydrogen-bond acceptors (Lipinski definition) is 7. The highest BCUT2D eigenvalue weighted by Gasteiger charge is 2.26. The topological polar surface area (TPSA) is 41.5 Å². The first-order valence-corrected chi connectivity index (χ1v) is 11.8. The van der Waals surface area contributed by atoms with Gasteiger partial charge in [-0.2, -0.15) is 0 Å². The van der Waals surface area contributed by atoms with Crippen LogP contribution in [-0.2, 0) is 24.1 Å². The van der Waals surface area contributed by atoms with Gasteiger partial charge in [0.15, 0.2) is 0 Å². The van der Waals surface area contributed by atoms with Crippen molar-refractivity contribution in [1.29, 1.82) is 0 Å². The highest BCUT2D eigenvalue weighted by atomic mass is 32.1. The van der Waals surface area contributed by atoms with E-state index in [1.807, 2.05) is 22.7 Å². The summed E-state index contributed by atoms with van der Waals surface area (Å²) < 4.78 is 5.50. The molecule has 5 nitrogen and oxygen atoms in total. The molecule has 2 aliphatic rings. The van der Waals surface area contributed by atoms with Crippen molar-refractivity contribution in [2.24, 2.45) is 0 Å². The Labute approximate surface area is 174 Å². The van der Waals surface area contributed by atoms with Crippen LogP contribution < -0.4 is 4.90 Å². The maximum absolute atomic E-state index is 5.50. The van der Waals surface area contributed by atoms with Crippen molar-refractivity contribution in [1.82, 2.24) is 14.9 Å². The number of nitrogens with zero attached hydrogens (tertiary/aromatic N) is 4. The molecular weight excluding hydrogens is 388 g/mol. The summed E-state index contributed by atoms with van der Waals surface area (Å²) in [5.74, 6) is 2.04. The molecular formula is C21H26N4OS2. The zero-order valence-electron chi connectivity index (χ0n) is 16.5. The van der Waals surface area contributed by atoms with Crippen LogP contribution >= 0.6 is 22.7 Å². The van der Waals surface area contributed by atoms with Crippen molar-refractivity contribution in [3.8, 4) is 0 Å². The Morgan fingerprint density at radius 1 is 1.25 bits per heavy atom. The van der Waals surface area contributed by atoms with Crippen LogP contribution in [0.5, 0.6) is 0 Å². The monoisotopic (exact) mass is 414 g/mol. The first-order valence-electron chi connectivity index (χ1n) is 10.1. The summed E-state index contributed by atoms with van der Waals surface area (Å²) in [6.07, 6.45) is 3.62. The number of morpholine rings is 1. The zero-order chi connectivity index (χ0) is 19.1. The normalized spacial score (nSPS) is 18.5. The molecule has 148 valence electrons. The fourth-order valence-corrected chi connectivity index (χ4v) is 6.31. The molecule has 7 heteroatoms. The van der Waals surface area contributed by atoms with Gasteiger partial charge in [-0.3, -0.25) is 4.90 Å². The van der Waals surface area contributed by atoms with Gasteiger partial charge in [-0.25, -0.2) is 9.97 Å². The second-order valence-electron chi connectivity index (χ2n) is 7.69. The predicted molar refractivity (Wildman–Crippen MR) is 117 cm³/mol. The number of fused-ring (bicyclic) bond motifs is 3. The van der Waals surface area contributed by atoms with Gasteiger partial charge in [0.05, 0.1) is 31.2 Å². The molecule has 5 rings (SSSR count). The van der Waals surface area contributed by atoms with Crippen LogP contribution in [0.25, 0.3) is 10.2 Å². The molecule has 4 heterocycles. The molecule has 0 spiro atoms. The van der Waals surface area contributed by atoms with Gasteiger partial charge in [0.2, 0.25) is 0 Å². The van der Waals surface area contributed by atoms with Crippen LogP contribution in [0.15, 0.2) is 17.5 Å². The minimum Gasteiger partial charge on any atom is -0.379 e. The molecule has 1 saturated heterocycles. The predicted octanol–water partition coefficient (Wildman–Crippen LogP) is 4.27. The Bertz CT molecular complexity index is 963. The Balaban J connectivity index is 1.56. The Kier molecular flexibility index (Phi) is 5.09. The second kappa shape index (κ2) is 7.71. The van der Waals surface area contributed by atoms with E-state index in [2.05, 4.69) is 41.3 Å². The van der Waals surface area contributed by atoms with E-state index in [1.165, 1.54) is 38.4 Å². The van der Waals surface area contributed by atoms with Gasteiger partial charge in [0, 0.05) is 29.9 Å². The maximum Gasteiger partial charge on any atom is 0.146 e. The van der Waals surface area contributed by atoms with Crippen molar-refractivity contribution >= 4 is 38.7 Å². The van der Waals surface area contributed by atoms with E-state index in [4.69, 9.17) is 14.7 Å². The number of hydrogen-bond donors (Lipinski definition) is 0. The molecule has 0 bridgehead atoms. The largest absolute Gasteiger partial charge is 0.379 e. The summed E-state index contributed by atoms with van der Waals surface area (Å²) in [5, 5.41) is 3.45. The smallest absolute Gasteiger partial charge is 0.146 e. The third kappa shape index (κ3) is 3.34. The molecule has 0 saturated carbocycles. The van der Waals surface area contributed by atoms with Crippen LogP contribution in [0, 0.1) is 0 Å². The molecule has 1 aliphatic heterocycles. The third-order valence-corrected chi connectivity index (χ3v) is 8.16. The zero-order valence-corrected chi connectivity index (χ0v) is 18.1. The summed E-state index contributed by atoms with van der Waals surface area (Å²) in [6.45, 7) is 6.59. The summed E-state index contributed by atoms with van der Waals surface area (Å²) >= 11 is 3.70. The first-order chi connectivity index (χ1) is 13.7. The molecule has 1 aliphatic carbocycles. The Hall–Kier alpha value is -1.54. The number of aryl methyl sites for hydroxylation is 2. The lowest BCUT2D eigenvalue weighted by molar-refractivity contribution is 0.0331. The quantitative estimate of drug-likeness (QED) is 0.624. The minimum atomic E-state index is 0.297. The van der Waals surface area contributed by atoms with Crippen molar-refractivity contribution in [3.63, 3.8) is 0 Å². The van der Waals surface area contributed by atoms with Gasteiger partial charge in [-0.15, -0.1) is 22.7 Å². The number of rotatable bonds is 5. The van der Waals surface area contributed by atoms with Crippen LogP contribution in [0.2, 0.25) is 0 Å². The number of anilines is 1. The molecule has 0 amide bonds. The summed E-state index contributed by atoms with van der Waals surface area (Å²) in [4.78, 5) is 18.9. The minimum absolute atomic E-state index is 0.297. The average Bonchev–Trinajstić information content (AvgIpc) is 3.44. The van der Waals surface area contributed by atoms with E-state index >= 15 is 0 Å². The van der Waals surface area contributed by atoms with Gasteiger partial charge in [0.25, 0.3) is 0 Å². The van der Waals surface area contributed by atoms with E-state index in [1.54, 1.807) is 0 Å². The van der Waals surface area contributed by atoms with Gasteiger partial charge in [-0.1, -0.05) is 6.07 Å². The first kappa shape index (κ1) is 18.5. The fourth-order valence-electron chi connectivity index (χ4n) is 4.21. The highest BCUT2D eigenvalue weighted by Crippen LogP contribution is 2.42. The lowest BCUT2D eigenvalue weighted by Gasteiger charge is -2.28. The molecule has 0 unspecified atom stereocenters. The molecule has 1 atom stereocenters. The number of thiophene rings is 2. The molecule has 3 aromatic heterocycles. The molecule has 0 aromatic carbocycles. The summed E-state index contributed by atoms with van der Waals surface area (Å²) in [7, 11) is 2.18. The molecule has 1 fully saturated rings. The van der Waals surface area contributed by atoms with Crippen LogP contribution in [0.1, 0.15) is 40.5 Å². The lowest BCUT2D eigenvalue weighted by atomic mass is 10.1. The van der Waals surface area contributed by atoms with E-state index < -0.39 is 0 Å². The Morgan fingerprint density at radius 3 is 2.89 bits per heavy atom. The second-order valence-corrected chi connectivity index (χ2v) is 9.75. The van der Waals surface area contributed by atoms with Crippen molar-refractivity contribution in [2.45, 2.75) is 38.8 Å². The Morgan fingerprint density at radius 2 is 2.11 bits per heavy atom. The SMILES string of the molecule is C[C@H](c1cccs1)N(C)c1nc(CN2CCOCC2)nc2sc3c(c12)CCC3. The molecule has 3 aromatic rings. The van der Waals surface area contributed by atoms with Crippen LogP contribution in [0.4, 0.5) is 5.82 Å². The van der Waals surface area contributed by atoms with Crippen molar-refractivity contribution in [3.05, 3.63) is 38.7 Å². The van der Waals surface area contributed by atoms with Crippen LogP contribution in [-0.4, -0.2) is 48.2 Å². The van der Waals surface area contributed by atoms with Gasteiger partial charge >= 0.3 is 0 Å². The molecule has 28 heavy (non-hydrogen) atoms. The van der Waals surface area contributed by atoms with Crippen molar-refractivity contribution < 1.29 is 4.74 Å². The molecule has 0 N–H and O–H groups in total. The average molecular weight is 415 g/mol. The third-order valence-electron chi connectivity index (χ3n) is 5.93. The van der Waals surface area contributed by atoms with E-state index in [0.29, 0.717) is 6.04 Å². The van der Waals surface area contributed by atoms with Crippen molar-refractivity contribution in [2.75, 3.05) is 38.3 Å². The fraction of sp³-hybridized carbons (Fsp3) is 0.524. The van der Waals surface area contributed by atoms with E-state index in [-0.39, 0.29) is 0 Å². The van der Waals surface area contributed by atoms with E-state index in [9.17, 15) is 0 Å². The highest BCUT2D eigenvalue weighted by molar-refractivity contribution is 7.19. The summed E-state index contributed by atoms with van der Waals surface area (Å²) in [6, 6.07) is 4.65. The number of aromatic nitrogens is 2. The number of ether oxygens (including phenoxy) is 1. The molecule has 0 radical (unpaired) electrons. The van der Waals surface area contributed by atoms with Crippen LogP contribution in [0.3, 0.4) is 0 Å². The standard InChI is InChI=1S/C21H26N4OS2/c1-14(16-7-4-12-27-16)24(2)20-19-15-5-3-6-17(15)28-21(19)23-18(22-20)13-25-8-10-26-11-9-25/h4,7,12,14H,3,5-6,8-11,13H2,1-2H3/t14-/m1/s1. The lowest BCUT2D eigenvalue weighted by Crippen LogP contribution is -2.36. The van der Waals surface area contributed by atoms with E-state index in [0.717, 1.165) is 50.9 Å². The summed E-state index contributed by atoms with van der Waals surface area (Å²) in [5.41, 5.74) is 1.50.